The largest absolute Gasteiger partial charge is 0.380 e. The van der Waals surface area contributed by atoms with Crippen LogP contribution in [0, 0.1) is 16.0 Å². The van der Waals surface area contributed by atoms with Gasteiger partial charge in [0.2, 0.25) is 0 Å². The molecule has 1 aromatic carbocycles. The van der Waals surface area contributed by atoms with Crippen LogP contribution in [-0.2, 0) is 0 Å². The molecule has 5 heteroatoms. The van der Waals surface area contributed by atoms with Gasteiger partial charge in [0, 0.05) is 13.1 Å². The second-order valence-corrected chi connectivity index (χ2v) is 5.71. The summed E-state index contributed by atoms with van der Waals surface area (Å²) in [6.07, 6.45) is 7.74. The predicted molar refractivity (Wildman–Crippen MR) is 86.9 cm³/mol. The molecule has 0 saturated heterocycles. The van der Waals surface area contributed by atoms with Gasteiger partial charge in [-0.2, -0.15) is 0 Å². The van der Waals surface area contributed by atoms with Gasteiger partial charge >= 0.3 is 5.69 Å². The Morgan fingerprint density at radius 2 is 1.86 bits per heavy atom. The van der Waals surface area contributed by atoms with Crippen molar-refractivity contribution in [3.63, 3.8) is 0 Å². The van der Waals surface area contributed by atoms with E-state index in [0.29, 0.717) is 17.9 Å². The molecule has 2 N–H and O–H groups in total. The van der Waals surface area contributed by atoms with Gasteiger partial charge in [-0.15, -0.1) is 0 Å². The highest BCUT2D eigenvalue weighted by Crippen LogP contribution is 2.33. The van der Waals surface area contributed by atoms with E-state index in [1.165, 1.54) is 32.1 Å². The van der Waals surface area contributed by atoms with E-state index in [-0.39, 0.29) is 10.6 Å². The molecule has 0 aliphatic heterocycles. The monoisotopic (exact) mass is 291 g/mol. The fraction of sp³-hybridized carbons (Fsp3) is 0.625. The smallest absolute Gasteiger partial charge is 0.315 e. The first-order valence-corrected chi connectivity index (χ1v) is 7.97. The molecule has 0 radical (unpaired) electrons. The number of anilines is 2. The molecule has 1 aromatic rings. The quantitative estimate of drug-likeness (QED) is 0.577. The third-order valence-electron chi connectivity index (χ3n) is 4.18. The maximum absolute atomic E-state index is 11.3. The summed E-state index contributed by atoms with van der Waals surface area (Å²) in [5, 5.41) is 17.6. The van der Waals surface area contributed by atoms with Crippen LogP contribution in [-0.4, -0.2) is 18.0 Å². The minimum Gasteiger partial charge on any atom is -0.380 e. The van der Waals surface area contributed by atoms with Gasteiger partial charge in [-0.3, -0.25) is 10.1 Å². The maximum atomic E-state index is 11.3. The lowest BCUT2D eigenvalue weighted by Gasteiger charge is -2.21. The standard InChI is InChI=1S/C16H25N3O2/c1-2-17-14-9-6-10-15(16(14)19(20)21)18-12-11-13-7-4-3-5-8-13/h6,9-10,13,17-18H,2-5,7-8,11-12H2,1H3. The highest BCUT2D eigenvalue weighted by molar-refractivity contribution is 5.76. The van der Waals surface area contributed by atoms with E-state index < -0.39 is 0 Å². The van der Waals surface area contributed by atoms with Gasteiger partial charge < -0.3 is 10.6 Å². The Morgan fingerprint density at radius 3 is 2.48 bits per heavy atom. The number of nitrogens with one attached hydrogen (secondary N) is 2. The number of nitro benzene ring substituents is 1. The second kappa shape index (κ2) is 7.86. The van der Waals surface area contributed by atoms with E-state index in [1.807, 2.05) is 13.0 Å². The normalized spacial score (nSPS) is 15.7. The number of rotatable bonds is 7. The zero-order chi connectivity index (χ0) is 15.1. The molecule has 1 fully saturated rings. The Hall–Kier alpha value is -1.78. The van der Waals surface area contributed by atoms with Crippen LogP contribution in [0.4, 0.5) is 17.1 Å². The van der Waals surface area contributed by atoms with Crippen LogP contribution in [0.2, 0.25) is 0 Å². The van der Waals surface area contributed by atoms with Crippen LogP contribution >= 0.6 is 0 Å². The van der Waals surface area contributed by atoms with Crippen LogP contribution in [0.1, 0.15) is 45.4 Å². The number of hydrogen-bond donors (Lipinski definition) is 2. The first-order valence-electron chi connectivity index (χ1n) is 7.97. The van der Waals surface area contributed by atoms with Gasteiger partial charge in [-0.1, -0.05) is 38.2 Å². The molecule has 1 aliphatic rings. The lowest BCUT2D eigenvalue weighted by Crippen LogP contribution is -2.13. The highest BCUT2D eigenvalue weighted by Gasteiger charge is 2.19. The Labute approximate surface area is 126 Å². The average molecular weight is 291 g/mol. The van der Waals surface area contributed by atoms with Crippen molar-refractivity contribution in [3.05, 3.63) is 28.3 Å². The molecule has 116 valence electrons. The minimum absolute atomic E-state index is 0.156. The summed E-state index contributed by atoms with van der Waals surface area (Å²) in [6, 6.07) is 5.40. The second-order valence-electron chi connectivity index (χ2n) is 5.71. The van der Waals surface area contributed by atoms with Gasteiger partial charge in [0.15, 0.2) is 0 Å². The van der Waals surface area contributed by atoms with Gasteiger partial charge in [0.05, 0.1) is 4.92 Å². The van der Waals surface area contributed by atoms with Crippen LogP contribution in [0.15, 0.2) is 18.2 Å². The summed E-state index contributed by atoms with van der Waals surface area (Å²) in [5.41, 5.74) is 1.36. The van der Waals surface area contributed by atoms with Crippen LogP contribution in [0.3, 0.4) is 0 Å². The van der Waals surface area contributed by atoms with Crippen molar-refractivity contribution < 1.29 is 4.92 Å². The van der Waals surface area contributed by atoms with Crippen molar-refractivity contribution >= 4 is 17.1 Å². The highest BCUT2D eigenvalue weighted by atomic mass is 16.6. The third kappa shape index (κ3) is 4.34. The molecule has 5 nitrogen and oxygen atoms in total. The summed E-state index contributed by atoms with van der Waals surface area (Å²) in [4.78, 5) is 11.0. The lowest BCUT2D eigenvalue weighted by atomic mass is 9.87. The average Bonchev–Trinajstić information content (AvgIpc) is 2.48. The fourth-order valence-electron chi connectivity index (χ4n) is 3.10. The summed E-state index contributed by atoms with van der Waals surface area (Å²) in [5.74, 6) is 0.780. The number of nitro groups is 1. The topological polar surface area (TPSA) is 67.2 Å². The number of hydrogen-bond acceptors (Lipinski definition) is 4. The van der Waals surface area contributed by atoms with Crippen molar-refractivity contribution in [2.24, 2.45) is 5.92 Å². The van der Waals surface area contributed by atoms with Crippen molar-refractivity contribution in [1.82, 2.24) is 0 Å². The Balaban J connectivity index is 1.98. The van der Waals surface area contributed by atoms with Gasteiger partial charge in [0.25, 0.3) is 0 Å². The molecular formula is C16H25N3O2. The first-order chi connectivity index (χ1) is 10.2. The van der Waals surface area contributed by atoms with Crippen LogP contribution < -0.4 is 10.6 Å². The van der Waals surface area contributed by atoms with E-state index in [1.54, 1.807) is 12.1 Å². The van der Waals surface area contributed by atoms with E-state index in [2.05, 4.69) is 10.6 Å². The molecule has 0 heterocycles. The predicted octanol–water partition coefficient (Wildman–Crippen LogP) is 4.41. The van der Waals surface area contributed by atoms with Gasteiger partial charge in [0.1, 0.15) is 11.4 Å². The summed E-state index contributed by atoms with van der Waals surface area (Å²) < 4.78 is 0. The fourth-order valence-corrected chi connectivity index (χ4v) is 3.10. The minimum atomic E-state index is -0.305. The maximum Gasteiger partial charge on any atom is 0.315 e. The third-order valence-corrected chi connectivity index (χ3v) is 4.18. The molecule has 0 atom stereocenters. The van der Waals surface area contributed by atoms with Crippen molar-refractivity contribution in [2.45, 2.75) is 45.4 Å². The van der Waals surface area contributed by atoms with E-state index in [4.69, 9.17) is 0 Å². The van der Waals surface area contributed by atoms with Gasteiger partial charge in [-0.05, 0) is 31.4 Å². The zero-order valence-corrected chi connectivity index (χ0v) is 12.7. The van der Waals surface area contributed by atoms with E-state index >= 15 is 0 Å². The van der Waals surface area contributed by atoms with E-state index in [0.717, 1.165) is 18.9 Å². The van der Waals surface area contributed by atoms with Crippen LogP contribution in [0.5, 0.6) is 0 Å². The molecule has 2 rings (SSSR count). The van der Waals surface area contributed by atoms with Gasteiger partial charge in [-0.25, -0.2) is 0 Å². The molecule has 1 aliphatic carbocycles. The summed E-state index contributed by atoms with van der Waals surface area (Å²) in [6.45, 7) is 3.42. The Morgan fingerprint density at radius 1 is 1.19 bits per heavy atom. The zero-order valence-electron chi connectivity index (χ0n) is 12.7. The molecule has 0 spiro atoms. The van der Waals surface area contributed by atoms with Crippen molar-refractivity contribution in [2.75, 3.05) is 23.7 Å². The number of benzene rings is 1. The summed E-state index contributed by atoms with van der Waals surface area (Å²) in [7, 11) is 0. The molecule has 0 amide bonds. The lowest BCUT2D eigenvalue weighted by molar-refractivity contribution is -0.383. The van der Waals surface area contributed by atoms with Crippen LogP contribution in [0.25, 0.3) is 0 Å². The summed E-state index contributed by atoms with van der Waals surface area (Å²) >= 11 is 0. The Bertz CT molecular complexity index is 471. The molecule has 1 saturated carbocycles. The number of nitrogens with zero attached hydrogens (tertiary/aromatic N) is 1. The molecule has 0 aromatic heterocycles. The van der Waals surface area contributed by atoms with E-state index in [9.17, 15) is 10.1 Å². The first kappa shape index (κ1) is 15.6. The number of para-hydroxylation sites is 1. The molecular weight excluding hydrogens is 266 g/mol. The molecule has 0 bridgehead atoms. The molecule has 0 unspecified atom stereocenters. The Kier molecular flexibility index (Phi) is 5.84. The van der Waals surface area contributed by atoms with Crippen molar-refractivity contribution in [1.29, 1.82) is 0 Å². The SMILES string of the molecule is CCNc1cccc(NCCC2CCCCC2)c1[N+](=O)[O-]. The van der Waals surface area contributed by atoms with Crippen molar-refractivity contribution in [3.8, 4) is 0 Å². The molecule has 21 heavy (non-hydrogen) atoms.